The highest BCUT2D eigenvalue weighted by atomic mass is 16.5. The summed E-state index contributed by atoms with van der Waals surface area (Å²) < 4.78 is 10.3. The molecule has 0 unspecified atom stereocenters. The summed E-state index contributed by atoms with van der Waals surface area (Å²) in [6.45, 7) is 1.91. The molecule has 0 radical (unpaired) electrons. The van der Waals surface area contributed by atoms with Crippen molar-refractivity contribution in [2.75, 3.05) is 13.7 Å². The first-order chi connectivity index (χ1) is 11.1. The molecule has 23 heavy (non-hydrogen) atoms. The SMILES string of the molecule is CCOC(=O)c1ccc(O)c2c(=O)c3cccc(OC)c3[nH]c12. The molecule has 6 nitrogen and oxygen atoms in total. The molecule has 118 valence electrons. The van der Waals surface area contributed by atoms with Gasteiger partial charge in [0.2, 0.25) is 5.43 Å². The van der Waals surface area contributed by atoms with Crippen LogP contribution in [-0.4, -0.2) is 29.8 Å². The van der Waals surface area contributed by atoms with Gasteiger partial charge in [-0.15, -0.1) is 0 Å². The second-order valence-electron chi connectivity index (χ2n) is 4.94. The summed E-state index contributed by atoms with van der Waals surface area (Å²) in [6.07, 6.45) is 0. The first kappa shape index (κ1) is 14.9. The molecular formula is C17H15NO5. The number of phenols is 1. The normalized spacial score (nSPS) is 10.9. The number of para-hydroxylation sites is 1. The third-order valence-corrected chi connectivity index (χ3v) is 3.65. The van der Waals surface area contributed by atoms with E-state index < -0.39 is 5.97 Å². The van der Waals surface area contributed by atoms with Gasteiger partial charge >= 0.3 is 5.97 Å². The number of ether oxygens (including phenoxy) is 2. The lowest BCUT2D eigenvalue weighted by Gasteiger charge is -2.11. The first-order valence-corrected chi connectivity index (χ1v) is 7.10. The number of aromatic nitrogens is 1. The highest BCUT2D eigenvalue weighted by Crippen LogP contribution is 2.29. The second-order valence-corrected chi connectivity index (χ2v) is 4.94. The maximum absolute atomic E-state index is 12.7. The minimum Gasteiger partial charge on any atom is -0.507 e. The number of hydrogen-bond donors (Lipinski definition) is 2. The Bertz CT molecular complexity index is 974. The van der Waals surface area contributed by atoms with E-state index in [9.17, 15) is 14.7 Å². The van der Waals surface area contributed by atoms with Crippen molar-refractivity contribution >= 4 is 27.8 Å². The molecule has 0 aliphatic rings. The number of H-pyrrole nitrogens is 1. The minimum atomic E-state index is -0.567. The van der Waals surface area contributed by atoms with Gasteiger partial charge in [0, 0.05) is 0 Å². The molecule has 1 heterocycles. The predicted molar refractivity (Wildman–Crippen MR) is 86.2 cm³/mol. The van der Waals surface area contributed by atoms with Crippen molar-refractivity contribution in [2.24, 2.45) is 0 Å². The molecule has 0 aliphatic heterocycles. The fourth-order valence-corrected chi connectivity index (χ4v) is 2.61. The molecule has 0 fully saturated rings. The summed E-state index contributed by atoms with van der Waals surface area (Å²) in [4.78, 5) is 27.9. The Hall–Kier alpha value is -3.02. The van der Waals surface area contributed by atoms with Crippen molar-refractivity contribution in [1.82, 2.24) is 4.98 Å². The predicted octanol–water partition coefficient (Wildman–Crippen LogP) is 2.57. The van der Waals surface area contributed by atoms with Crippen molar-refractivity contribution in [2.45, 2.75) is 6.92 Å². The van der Waals surface area contributed by atoms with Gasteiger partial charge in [0.25, 0.3) is 0 Å². The van der Waals surface area contributed by atoms with Gasteiger partial charge in [-0.05, 0) is 31.2 Å². The van der Waals surface area contributed by atoms with Gasteiger partial charge in [-0.2, -0.15) is 0 Å². The summed E-state index contributed by atoms with van der Waals surface area (Å²) in [5.74, 6) is -0.291. The topological polar surface area (TPSA) is 88.6 Å². The average Bonchev–Trinajstić information content (AvgIpc) is 2.54. The maximum Gasteiger partial charge on any atom is 0.340 e. The van der Waals surface area contributed by atoms with Crippen LogP contribution in [0.5, 0.6) is 11.5 Å². The number of pyridine rings is 1. The van der Waals surface area contributed by atoms with Gasteiger partial charge in [-0.1, -0.05) is 6.07 Å². The van der Waals surface area contributed by atoms with Crippen LogP contribution in [0.15, 0.2) is 35.1 Å². The van der Waals surface area contributed by atoms with Gasteiger partial charge in [0.1, 0.15) is 11.5 Å². The average molecular weight is 313 g/mol. The lowest BCUT2D eigenvalue weighted by atomic mass is 10.0. The van der Waals surface area contributed by atoms with E-state index in [1.807, 2.05) is 0 Å². The summed E-state index contributed by atoms with van der Waals surface area (Å²) in [6, 6.07) is 7.76. The number of methoxy groups -OCH3 is 1. The lowest BCUT2D eigenvalue weighted by molar-refractivity contribution is 0.0528. The number of rotatable bonds is 3. The van der Waals surface area contributed by atoms with Crippen LogP contribution in [0.2, 0.25) is 0 Å². The zero-order valence-corrected chi connectivity index (χ0v) is 12.7. The van der Waals surface area contributed by atoms with E-state index in [0.717, 1.165) is 0 Å². The molecule has 0 aliphatic carbocycles. The van der Waals surface area contributed by atoms with E-state index in [-0.39, 0.29) is 34.3 Å². The van der Waals surface area contributed by atoms with Crippen LogP contribution in [0.1, 0.15) is 17.3 Å². The number of hydrogen-bond acceptors (Lipinski definition) is 5. The van der Waals surface area contributed by atoms with Crippen molar-refractivity contribution in [3.63, 3.8) is 0 Å². The Morgan fingerprint density at radius 2 is 2.00 bits per heavy atom. The summed E-state index contributed by atoms with van der Waals surface area (Å²) >= 11 is 0. The summed E-state index contributed by atoms with van der Waals surface area (Å²) in [5, 5.41) is 10.5. The highest BCUT2D eigenvalue weighted by Gasteiger charge is 2.18. The number of nitrogens with one attached hydrogen (secondary N) is 1. The third-order valence-electron chi connectivity index (χ3n) is 3.65. The van der Waals surface area contributed by atoms with E-state index in [4.69, 9.17) is 9.47 Å². The van der Waals surface area contributed by atoms with E-state index >= 15 is 0 Å². The molecule has 0 amide bonds. The molecular weight excluding hydrogens is 298 g/mol. The molecule has 3 aromatic rings. The van der Waals surface area contributed by atoms with Crippen LogP contribution in [0.3, 0.4) is 0 Å². The number of carbonyl (C=O) groups excluding carboxylic acids is 1. The van der Waals surface area contributed by atoms with Crippen molar-refractivity contribution in [3.05, 3.63) is 46.1 Å². The van der Waals surface area contributed by atoms with Crippen LogP contribution in [0, 0.1) is 0 Å². The number of phenolic OH excluding ortho intramolecular Hbond substituents is 1. The molecule has 0 spiro atoms. The van der Waals surface area contributed by atoms with Gasteiger partial charge < -0.3 is 19.6 Å². The molecule has 3 rings (SSSR count). The first-order valence-electron chi connectivity index (χ1n) is 7.10. The van der Waals surface area contributed by atoms with E-state index in [1.165, 1.54) is 19.2 Å². The fourth-order valence-electron chi connectivity index (χ4n) is 2.61. The zero-order valence-electron chi connectivity index (χ0n) is 12.7. The number of benzene rings is 2. The smallest absolute Gasteiger partial charge is 0.340 e. The van der Waals surface area contributed by atoms with Crippen LogP contribution in [0.4, 0.5) is 0 Å². The number of esters is 1. The second kappa shape index (κ2) is 5.64. The number of carbonyl (C=O) groups is 1. The number of aromatic hydroxyl groups is 1. The Labute approximate surface area is 131 Å². The highest BCUT2D eigenvalue weighted by molar-refractivity contribution is 6.07. The molecule has 1 aromatic heterocycles. The van der Waals surface area contributed by atoms with Crippen LogP contribution < -0.4 is 10.2 Å². The third kappa shape index (κ3) is 2.28. The monoisotopic (exact) mass is 313 g/mol. The van der Waals surface area contributed by atoms with E-state index in [1.54, 1.807) is 25.1 Å². The lowest BCUT2D eigenvalue weighted by Crippen LogP contribution is -2.11. The van der Waals surface area contributed by atoms with Gasteiger partial charge in [0.15, 0.2) is 0 Å². The van der Waals surface area contributed by atoms with Crippen LogP contribution >= 0.6 is 0 Å². The Morgan fingerprint density at radius 3 is 2.70 bits per heavy atom. The quantitative estimate of drug-likeness (QED) is 0.573. The summed E-state index contributed by atoms with van der Waals surface area (Å²) in [5.41, 5.74) is 0.495. The molecule has 2 aromatic carbocycles. The molecule has 6 heteroatoms. The van der Waals surface area contributed by atoms with Crippen LogP contribution in [0.25, 0.3) is 21.8 Å². The molecule has 0 atom stereocenters. The standard InChI is InChI=1S/C17H15NO5/c1-3-23-17(21)10-7-8-11(19)13-15(10)18-14-9(16(13)20)5-4-6-12(14)22-2/h4-8,19H,3H2,1-2H3,(H,18,20). The van der Waals surface area contributed by atoms with Crippen molar-refractivity contribution in [1.29, 1.82) is 0 Å². The zero-order chi connectivity index (χ0) is 16.6. The molecule has 2 N–H and O–H groups in total. The molecule has 0 bridgehead atoms. The minimum absolute atomic E-state index is 0.0521. The maximum atomic E-state index is 12.7. The van der Waals surface area contributed by atoms with Gasteiger partial charge in [0.05, 0.1) is 41.1 Å². The molecule has 0 saturated carbocycles. The van der Waals surface area contributed by atoms with Crippen molar-refractivity contribution in [3.8, 4) is 11.5 Å². The molecule has 0 saturated heterocycles. The summed E-state index contributed by atoms with van der Waals surface area (Å²) in [7, 11) is 1.49. The largest absolute Gasteiger partial charge is 0.507 e. The van der Waals surface area contributed by atoms with E-state index in [2.05, 4.69) is 4.98 Å². The Kier molecular flexibility index (Phi) is 3.65. The number of fused-ring (bicyclic) bond motifs is 2. The van der Waals surface area contributed by atoms with Gasteiger partial charge in [-0.3, -0.25) is 4.79 Å². The number of aromatic amines is 1. The fraction of sp³-hybridized carbons (Fsp3) is 0.176. The van der Waals surface area contributed by atoms with Gasteiger partial charge in [-0.25, -0.2) is 4.79 Å². The van der Waals surface area contributed by atoms with E-state index in [0.29, 0.717) is 16.7 Å². The van der Waals surface area contributed by atoms with Crippen LogP contribution in [-0.2, 0) is 4.74 Å². The Morgan fingerprint density at radius 1 is 1.22 bits per heavy atom. The Balaban J connectivity index is 2.49. The van der Waals surface area contributed by atoms with Crippen molar-refractivity contribution < 1.29 is 19.4 Å².